The second-order valence-corrected chi connectivity index (χ2v) is 6.77. The highest BCUT2D eigenvalue weighted by molar-refractivity contribution is 5.93. The first-order valence-electron chi connectivity index (χ1n) is 9.61. The van der Waals surface area contributed by atoms with Crippen LogP contribution < -0.4 is 4.48 Å². The van der Waals surface area contributed by atoms with Crippen LogP contribution in [-0.4, -0.2) is 19.6 Å². The van der Waals surface area contributed by atoms with E-state index in [2.05, 4.69) is 63.2 Å². The Kier molecular flexibility index (Phi) is 7.11. The van der Waals surface area contributed by atoms with Crippen LogP contribution in [0.25, 0.3) is 10.8 Å². The molecule has 0 aromatic heterocycles. The van der Waals surface area contributed by atoms with Crippen LogP contribution in [0, 0.1) is 0 Å². The Morgan fingerprint density at radius 3 is 2.09 bits per heavy atom. The molecule has 0 aliphatic heterocycles. The van der Waals surface area contributed by atoms with Gasteiger partial charge in [0, 0.05) is 5.39 Å². The van der Waals surface area contributed by atoms with Crippen molar-refractivity contribution < 1.29 is 0 Å². The van der Waals surface area contributed by atoms with Crippen molar-refractivity contribution >= 4 is 16.5 Å². The molecule has 2 aromatic carbocycles. The van der Waals surface area contributed by atoms with E-state index in [9.17, 15) is 0 Å². The first-order chi connectivity index (χ1) is 11.3. The lowest BCUT2D eigenvalue weighted by Crippen LogP contribution is -2.49. The Labute approximate surface area is 142 Å². The predicted octanol–water partition coefficient (Wildman–Crippen LogP) is 6.55. The zero-order valence-corrected chi connectivity index (χ0v) is 15.4. The van der Waals surface area contributed by atoms with Crippen LogP contribution >= 0.6 is 0 Å². The average Bonchev–Trinajstić information content (AvgIpc) is 2.61. The Balaban J connectivity index is 2.15. The third kappa shape index (κ3) is 4.35. The second-order valence-electron chi connectivity index (χ2n) is 6.77. The first-order valence-corrected chi connectivity index (χ1v) is 9.61. The molecule has 0 bridgehead atoms. The quantitative estimate of drug-likeness (QED) is 0.345. The SMILES string of the molecule is CCCCCCCC[N+](CC)(CC)c1cccc2ccccc12. The third-order valence-corrected chi connectivity index (χ3v) is 5.43. The van der Waals surface area contributed by atoms with Crippen molar-refractivity contribution in [2.45, 2.75) is 59.3 Å². The summed E-state index contributed by atoms with van der Waals surface area (Å²) < 4.78 is 1.12. The molecule has 0 amide bonds. The molecule has 0 aliphatic carbocycles. The molecular formula is C22H34N+. The molecule has 0 atom stereocenters. The summed E-state index contributed by atoms with van der Waals surface area (Å²) in [6.07, 6.45) is 8.25. The molecule has 1 heteroatoms. The molecule has 0 saturated heterocycles. The number of benzene rings is 2. The van der Waals surface area contributed by atoms with Gasteiger partial charge in [0.2, 0.25) is 0 Å². The molecule has 0 N–H and O–H groups in total. The molecule has 0 unspecified atom stereocenters. The highest BCUT2D eigenvalue weighted by Crippen LogP contribution is 2.32. The number of unbranched alkanes of at least 4 members (excludes halogenated alkanes) is 5. The van der Waals surface area contributed by atoms with Crippen LogP contribution in [0.2, 0.25) is 0 Å². The summed E-state index contributed by atoms with van der Waals surface area (Å²) in [6.45, 7) is 10.6. The minimum absolute atomic E-state index is 1.12. The van der Waals surface area contributed by atoms with Crippen molar-refractivity contribution in [2.24, 2.45) is 0 Å². The highest BCUT2D eigenvalue weighted by atomic mass is 15.3. The van der Waals surface area contributed by atoms with E-state index in [1.807, 2.05) is 0 Å². The topological polar surface area (TPSA) is 0 Å². The van der Waals surface area contributed by atoms with E-state index in [1.165, 1.54) is 74.6 Å². The van der Waals surface area contributed by atoms with Gasteiger partial charge in [-0.15, -0.1) is 0 Å². The maximum atomic E-state index is 2.35. The van der Waals surface area contributed by atoms with Gasteiger partial charge in [0.1, 0.15) is 5.69 Å². The molecule has 2 aromatic rings. The smallest absolute Gasteiger partial charge is 0.140 e. The standard InChI is InChI=1S/C22H34N/c1-4-7-8-9-10-13-19-23(5-2,6-3)22-18-14-16-20-15-11-12-17-21(20)22/h11-12,14-18H,4-10,13,19H2,1-3H3/q+1. The van der Waals surface area contributed by atoms with Crippen molar-refractivity contribution in [3.63, 3.8) is 0 Å². The van der Waals surface area contributed by atoms with Crippen LogP contribution in [-0.2, 0) is 0 Å². The van der Waals surface area contributed by atoms with E-state index >= 15 is 0 Å². The summed E-state index contributed by atoms with van der Waals surface area (Å²) in [5, 5.41) is 2.81. The Bertz CT molecular complexity index is 578. The molecule has 0 aliphatic rings. The number of rotatable bonds is 10. The highest BCUT2D eigenvalue weighted by Gasteiger charge is 2.27. The fourth-order valence-electron chi connectivity index (χ4n) is 3.82. The van der Waals surface area contributed by atoms with Gasteiger partial charge in [0.25, 0.3) is 0 Å². The summed E-state index contributed by atoms with van der Waals surface area (Å²) in [7, 11) is 0. The van der Waals surface area contributed by atoms with Crippen molar-refractivity contribution in [2.75, 3.05) is 19.6 Å². The van der Waals surface area contributed by atoms with Gasteiger partial charge in [-0.05, 0) is 44.2 Å². The summed E-state index contributed by atoms with van der Waals surface area (Å²) in [4.78, 5) is 0. The van der Waals surface area contributed by atoms with Crippen molar-refractivity contribution in [1.29, 1.82) is 0 Å². The molecule has 2 rings (SSSR count). The van der Waals surface area contributed by atoms with Gasteiger partial charge in [-0.25, -0.2) is 0 Å². The van der Waals surface area contributed by atoms with Crippen molar-refractivity contribution in [1.82, 2.24) is 4.48 Å². The Morgan fingerprint density at radius 2 is 1.35 bits per heavy atom. The van der Waals surface area contributed by atoms with E-state index in [4.69, 9.17) is 0 Å². The number of hydrogen-bond acceptors (Lipinski definition) is 0. The molecule has 1 nitrogen and oxygen atoms in total. The Hall–Kier alpha value is -1.34. The van der Waals surface area contributed by atoms with E-state index in [1.54, 1.807) is 0 Å². The molecule has 23 heavy (non-hydrogen) atoms. The first kappa shape index (κ1) is 18.0. The monoisotopic (exact) mass is 312 g/mol. The zero-order chi connectivity index (χ0) is 16.5. The maximum absolute atomic E-state index is 2.35. The van der Waals surface area contributed by atoms with Gasteiger partial charge >= 0.3 is 0 Å². The molecule has 0 fully saturated rings. The van der Waals surface area contributed by atoms with Crippen LogP contribution in [0.5, 0.6) is 0 Å². The number of hydrogen-bond donors (Lipinski definition) is 0. The summed E-state index contributed by atoms with van der Waals surface area (Å²) in [6, 6.07) is 15.7. The molecule has 0 heterocycles. The number of quaternary nitrogens is 1. The van der Waals surface area contributed by atoms with Crippen LogP contribution in [0.1, 0.15) is 59.3 Å². The third-order valence-electron chi connectivity index (χ3n) is 5.43. The van der Waals surface area contributed by atoms with Gasteiger partial charge in [-0.3, -0.25) is 4.48 Å². The van der Waals surface area contributed by atoms with Crippen LogP contribution in [0.3, 0.4) is 0 Å². The molecule has 0 radical (unpaired) electrons. The average molecular weight is 313 g/mol. The number of nitrogens with zero attached hydrogens (tertiary/aromatic N) is 1. The van der Waals surface area contributed by atoms with E-state index in [-0.39, 0.29) is 0 Å². The normalized spacial score (nSPS) is 12.0. The van der Waals surface area contributed by atoms with Crippen LogP contribution in [0.4, 0.5) is 5.69 Å². The number of fused-ring (bicyclic) bond motifs is 1. The molecule has 126 valence electrons. The zero-order valence-electron chi connectivity index (χ0n) is 15.4. The molecule has 0 spiro atoms. The van der Waals surface area contributed by atoms with Gasteiger partial charge in [0.05, 0.1) is 19.6 Å². The minimum atomic E-state index is 1.12. The van der Waals surface area contributed by atoms with E-state index in [0.717, 1.165) is 4.48 Å². The lowest BCUT2D eigenvalue weighted by molar-refractivity contribution is 0.294. The maximum Gasteiger partial charge on any atom is 0.140 e. The molecule has 0 saturated carbocycles. The minimum Gasteiger partial charge on any atom is -0.291 e. The molecular weight excluding hydrogens is 278 g/mol. The summed E-state index contributed by atoms with van der Waals surface area (Å²) in [5.41, 5.74) is 1.52. The fraction of sp³-hybridized carbons (Fsp3) is 0.545. The second kappa shape index (κ2) is 9.08. The van der Waals surface area contributed by atoms with Crippen LogP contribution in [0.15, 0.2) is 42.5 Å². The van der Waals surface area contributed by atoms with Gasteiger partial charge < -0.3 is 0 Å². The van der Waals surface area contributed by atoms with E-state index < -0.39 is 0 Å². The fourth-order valence-corrected chi connectivity index (χ4v) is 3.82. The largest absolute Gasteiger partial charge is 0.291 e. The predicted molar refractivity (Wildman–Crippen MR) is 105 cm³/mol. The lowest BCUT2D eigenvalue weighted by atomic mass is 10.0. The van der Waals surface area contributed by atoms with E-state index in [0.29, 0.717) is 0 Å². The Morgan fingerprint density at radius 1 is 0.696 bits per heavy atom. The van der Waals surface area contributed by atoms with Crippen molar-refractivity contribution in [3.05, 3.63) is 42.5 Å². The van der Waals surface area contributed by atoms with Gasteiger partial charge in [0.15, 0.2) is 0 Å². The van der Waals surface area contributed by atoms with Crippen molar-refractivity contribution in [3.8, 4) is 0 Å². The summed E-state index contributed by atoms with van der Waals surface area (Å²) in [5.74, 6) is 0. The summed E-state index contributed by atoms with van der Waals surface area (Å²) >= 11 is 0. The lowest BCUT2D eigenvalue weighted by Gasteiger charge is -2.37. The van der Waals surface area contributed by atoms with Gasteiger partial charge in [-0.2, -0.15) is 0 Å². The van der Waals surface area contributed by atoms with Gasteiger partial charge in [-0.1, -0.05) is 62.9 Å².